The highest BCUT2D eigenvalue weighted by Gasteiger charge is 2.38. The fourth-order valence-electron chi connectivity index (χ4n) is 2.21. The van der Waals surface area contributed by atoms with E-state index in [0.29, 0.717) is 11.7 Å². The van der Waals surface area contributed by atoms with Crippen LogP contribution in [0, 0.1) is 0 Å². The highest BCUT2D eigenvalue weighted by atomic mass is 31.1. The van der Waals surface area contributed by atoms with E-state index >= 15 is 0 Å². The number of rotatable bonds is 10. The van der Waals surface area contributed by atoms with Gasteiger partial charge in [-0.15, -0.1) is 0 Å². The molecular weight excluding hydrogens is 271 g/mol. The molecule has 0 saturated heterocycles. The van der Waals surface area contributed by atoms with Gasteiger partial charge < -0.3 is 5.11 Å². The Morgan fingerprint density at radius 3 is 2.30 bits per heavy atom. The third-order valence-electron chi connectivity index (χ3n) is 3.41. The first kappa shape index (κ1) is 16.8. The lowest BCUT2D eigenvalue weighted by atomic mass is 10.1. The number of hydrogen-bond acceptors (Lipinski definition) is 2. The lowest BCUT2D eigenvalue weighted by Crippen LogP contribution is -2.19. The Bertz CT molecular complexity index is 417. The van der Waals surface area contributed by atoms with Crippen LogP contribution >= 0.6 is 7.80 Å². The zero-order chi connectivity index (χ0) is 14.8. The van der Waals surface area contributed by atoms with Gasteiger partial charge in [-0.2, -0.15) is 0 Å². The maximum absolute atomic E-state index is 12.3. The van der Waals surface area contributed by atoms with Crippen LogP contribution in [0.3, 0.4) is 0 Å². The first-order valence-electron chi connectivity index (χ1n) is 7.41. The van der Waals surface area contributed by atoms with Crippen molar-refractivity contribution in [3.05, 3.63) is 30.3 Å². The molecule has 0 radical (unpaired) electrons. The quantitative estimate of drug-likeness (QED) is 0.516. The molecule has 0 spiro atoms. The molecule has 1 aromatic carbocycles. The minimum absolute atomic E-state index is 0.506. The van der Waals surface area contributed by atoms with Crippen LogP contribution in [0.2, 0.25) is 0 Å². The summed E-state index contributed by atoms with van der Waals surface area (Å²) >= 11 is 0. The van der Waals surface area contributed by atoms with Crippen molar-refractivity contribution >= 4 is 19.1 Å². The largest absolute Gasteiger partial charge is 0.478 e. The fraction of sp³-hybridized carbons (Fsp3) is 0.562. The number of hydrogen-bond donors (Lipinski definition) is 1. The smallest absolute Gasteiger partial charge is 0.391 e. The van der Waals surface area contributed by atoms with Crippen LogP contribution in [-0.2, 0) is 9.36 Å². The second kappa shape index (κ2) is 9.66. The van der Waals surface area contributed by atoms with E-state index in [0.717, 1.165) is 19.3 Å². The molecule has 0 aliphatic rings. The Morgan fingerprint density at radius 2 is 1.70 bits per heavy atom. The van der Waals surface area contributed by atoms with E-state index in [1.165, 1.54) is 19.3 Å². The predicted molar refractivity (Wildman–Crippen MR) is 83.1 cm³/mol. The Morgan fingerprint density at radius 1 is 1.10 bits per heavy atom. The van der Waals surface area contributed by atoms with Gasteiger partial charge in [0.1, 0.15) is 0 Å². The molecule has 0 bridgehead atoms. The summed E-state index contributed by atoms with van der Waals surface area (Å²) in [7, 11) is -1.86. The molecule has 0 amide bonds. The van der Waals surface area contributed by atoms with Gasteiger partial charge in [0.25, 0.3) is 5.66 Å². The molecular formula is C16H24O3P+. The molecule has 0 aromatic heterocycles. The highest BCUT2D eigenvalue weighted by molar-refractivity contribution is 7.55. The summed E-state index contributed by atoms with van der Waals surface area (Å²) < 4.78 is 12.3. The van der Waals surface area contributed by atoms with Crippen LogP contribution in [0.1, 0.15) is 51.9 Å². The Hall–Kier alpha value is -1.21. The number of carbonyl (C=O) groups is 1. The molecule has 0 heterocycles. The van der Waals surface area contributed by atoms with E-state index in [4.69, 9.17) is 0 Å². The molecule has 1 aromatic rings. The maximum Gasteiger partial charge on any atom is 0.391 e. The van der Waals surface area contributed by atoms with Crippen molar-refractivity contribution in [2.75, 3.05) is 0 Å². The zero-order valence-electron chi connectivity index (χ0n) is 12.1. The Labute approximate surface area is 122 Å². The molecule has 0 aliphatic heterocycles. The number of carboxylic acid groups (broad SMARTS) is 1. The molecule has 0 fully saturated rings. The first-order valence-corrected chi connectivity index (χ1v) is 8.74. The molecule has 0 aliphatic carbocycles. The third-order valence-corrected chi connectivity index (χ3v) is 5.26. The van der Waals surface area contributed by atoms with Crippen LogP contribution in [0.25, 0.3) is 0 Å². The molecule has 110 valence electrons. The van der Waals surface area contributed by atoms with Crippen LogP contribution in [0.15, 0.2) is 30.3 Å². The van der Waals surface area contributed by atoms with E-state index < -0.39 is 19.4 Å². The number of benzene rings is 1. The fourth-order valence-corrected chi connectivity index (χ4v) is 3.66. The summed E-state index contributed by atoms with van der Waals surface area (Å²) in [5.74, 6) is -0.941. The summed E-state index contributed by atoms with van der Waals surface area (Å²) in [6.07, 6.45) is 7.17. The topological polar surface area (TPSA) is 54.4 Å². The third kappa shape index (κ3) is 5.83. The number of aliphatic carboxylic acids is 1. The number of carboxylic acids is 1. The van der Waals surface area contributed by atoms with Crippen molar-refractivity contribution in [1.29, 1.82) is 0 Å². The minimum atomic E-state index is -1.86. The van der Waals surface area contributed by atoms with Crippen molar-refractivity contribution in [1.82, 2.24) is 0 Å². The normalized spacial score (nSPS) is 12.9. The van der Waals surface area contributed by atoms with E-state index in [-0.39, 0.29) is 0 Å². The lowest BCUT2D eigenvalue weighted by Gasteiger charge is -2.03. The van der Waals surface area contributed by atoms with Crippen molar-refractivity contribution in [3.8, 4) is 0 Å². The van der Waals surface area contributed by atoms with Crippen LogP contribution < -0.4 is 5.30 Å². The molecule has 3 nitrogen and oxygen atoms in total. The van der Waals surface area contributed by atoms with Crippen LogP contribution in [-0.4, -0.2) is 16.7 Å². The SMILES string of the molecule is CCCCCCCCC(C(=O)O)[P+](=O)c1ccccc1. The van der Waals surface area contributed by atoms with Crippen molar-refractivity contribution in [3.63, 3.8) is 0 Å². The lowest BCUT2D eigenvalue weighted by molar-refractivity contribution is -0.136. The average molecular weight is 295 g/mol. The second-order valence-corrected chi connectivity index (χ2v) is 6.86. The van der Waals surface area contributed by atoms with Crippen molar-refractivity contribution in [2.24, 2.45) is 0 Å². The van der Waals surface area contributed by atoms with Gasteiger partial charge in [-0.05, 0) is 18.6 Å². The molecule has 0 saturated carbocycles. The van der Waals surface area contributed by atoms with Gasteiger partial charge in [0.05, 0.1) is 0 Å². The molecule has 1 N–H and O–H groups in total. The van der Waals surface area contributed by atoms with Gasteiger partial charge in [-0.1, -0.05) is 61.8 Å². The molecule has 2 atom stereocenters. The van der Waals surface area contributed by atoms with Gasteiger partial charge in [-0.3, -0.25) is 0 Å². The highest BCUT2D eigenvalue weighted by Crippen LogP contribution is 2.31. The van der Waals surface area contributed by atoms with Gasteiger partial charge in [-0.25, -0.2) is 4.79 Å². The summed E-state index contributed by atoms with van der Waals surface area (Å²) in [5, 5.41) is 9.90. The van der Waals surface area contributed by atoms with Gasteiger partial charge in [0.15, 0.2) is 5.30 Å². The Balaban J connectivity index is 2.45. The average Bonchev–Trinajstić information content (AvgIpc) is 2.46. The number of unbranched alkanes of at least 4 members (excludes halogenated alkanes) is 5. The van der Waals surface area contributed by atoms with E-state index in [9.17, 15) is 14.5 Å². The van der Waals surface area contributed by atoms with Gasteiger partial charge in [0.2, 0.25) is 0 Å². The monoisotopic (exact) mass is 295 g/mol. The predicted octanol–water partition coefficient (Wildman–Crippen LogP) is 4.34. The standard InChI is InChI=1S/C16H23O3P/c1-2-3-4-5-6-10-13-15(16(17)18)20(19)14-11-8-7-9-12-14/h7-9,11-12,15H,2-6,10,13H2,1H3/p+1. The van der Waals surface area contributed by atoms with Gasteiger partial charge in [0, 0.05) is 6.42 Å². The van der Waals surface area contributed by atoms with E-state index in [1.54, 1.807) is 24.3 Å². The molecule has 4 heteroatoms. The van der Waals surface area contributed by atoms with Crippen molar-refractivity contribution in [2.45, 2.75) is 57.5 Å². The van der Waals surface area contributed by atoms with E-state index in [1.807, 2.05) is 6.07 Å². The zero-order valence-corrected chi connectivity index (χ0v) is 13.0. The summed E-state index contributed by atoms with van der Waals surface area (Å²) in [6.45, 7) is 2.17. The molecule has 2 unspecified atom stereocenters. The molecule has 20 heavy (non-hydrogen) atoms. The van der Waals surface area contributed by atoms with Crippen LogP contribution in [0.4, 0.5) is 0 Å². The summed E-state index contributed by atoms with van der Waals surface area (Å²) in [4.78, 5) is 11.3. The maximum atomic E-state index is 12.3. The van der Waals surface area contributed by atoms with E-state index in [2.05, 4.69) is 6.92 Å². The summed E-state index contributed by atoms with van der Waals surface area (Å²) in [5.41, 5.74) is -0.751. The van der Waals surface area contributed by atoms with Gasteiger partial charge >= 0.3 is 13.8 Å². The minimum Gasteiger partial charge on any atom is -0.478 e. The van der Waals surface area contributed by atoms with Crippen molar-refractivity contribution < 1.29 is 14.5 Å². The summed E-state index contributed by atoms with van der Waals surface area (Å²) in [6, 6.07) is 8.93. The molecule has 1 rings (SSSR count). The Kier molecular flexibility index (Phi) is 8.13. The first-order chi connectivity index (χ1) is 9.66. The second-order valence-electron chi connectivity index (χ2n) is 5.07. The van der Waals surface area contributed by atoms with Crippen LogP contribution in [0.5, 0.6) is 0 Å².